The quantitative estimate of drug-likeness (QED) is 0.348. The maximum Gasteiger partial charge on any atom is 0.190 e. The second-order valence-corrected chi connectivity index (χ2v) is 7.18. The molecule has 1 heterocycles. The Hall–Kier alpha value is -3.02. The summed E-state index contributed by atoms with van der Waals surface area (Å²) in [5, 5.41) is 6.83. The van der Waals surface area contributed by atoms with E-state index in [4.69, 9.17) is 4.74 Å². The van der Waals surface area contributed by atoms with E-state index in [0.717, 1.165) is 49.1 Å². The van der Waals surface area contributed by atoms with Crippen LogP contribution in [0.5, 0.6) is 5.75 Å². The normalized spacial score (nSPS) is 12.8. The number of rotatable bonds is 8. The molecule has 6 nitrogen and oxygen atoms in total. The maximum absolute atomic E-state index is 5.47. The number of guanidine groups is 1. The van der Waals surface area contributed by atoms with Crippen LogP contribution in [0.3, 0.4) is 0 Å². The first-order valence-corrected chi connectivity index (χ1v) is 10.1. The van der Waals surface area contributed by atoms with Gasteiger partial charge in [-0.25, -0.2) is 4.98 Å². The van der Waals surface area contributed by atoms with E-state index in [1.807, 2.05) is 24.3 Å². The van der Waals surface area contributed by atoms with Crippen LogP contribution in [-0.4, -0.2) is 42.8 Å². The molecule has 2 N–H and O–H groups in total. The van der Waals surface area contributed by atoms with E-state index >= 15 is 0 Å². The minimum Gasteiger partial charge on any atom is -0.496 e. The first kappa shape index (κ1) is 20.7. The van der Waals surface area contributed by atoms with Crippen LogP contribution in [0.1, 0.15) is 30.7 Å². The molecule has 6 heteroatoms. The van der Waals surface area contributed by atoms with Gasteiger partial charge in [-0.3, -0.25) is 4.99 Å². The molecule has 0 bridgehead atoms. The minimum atomic E-state index is 0.310. The molecule has 1 aromatic heterocycles. The number of ether oxygens (including phenoxy) is 1. The highest BCUT2D eigenvalue weighted by Gasteiger charge is 2.11. The van der Waals surface area contributed by atoms with Crippen molar-refractivity contribution in [3.05, 3.63) is 59.9 Å². The molecule has 0 aliphatic rings. The van der Waals surface area contributed by atoms with Crippen LogP contribution in [-0.2, 0) is 6.54 Å². The number of methoxy groups -OCH3 is 1. The monoisotopic (exact) mass is 393 g/mol. The fourth-order valence-electron chi connectivity index (χ4n) is 3.58. The van der Waals surface area contributed by atoms with E-state index in [-0.39, 0.29) is 0 Å². The average Bonchev–Trinajstić information content (AvgIpc) is 3.08. The number of imidazole rings is 1. The van der Waals surface area contributed by atoms with Gasteiger partial charge in [-0.05, 0) is 37.1 Å². The zero-order valence-electron chi connectivity index (χ0n) is 17.8. The topological polar surface area (TPSA) is 63.5 Å². The lowest BCUT2D eigenvalue weighted by Gasteiger charge is -2.18. The van der Waals surface area contributed by atoms with Crippen molar-refractivity contribution in [2.75, 3.05) is 27.2 Å². The summed E-state index contributed by atoms with van der Waals surface area (Å²) in [5.74, 6) is 3.11. The van der Waals surface area contributed by atoms with Crippen LogP contribution in [0.15, 0.2) is 53.5 Å². The van der Waals surface area contributed by atoms with Crippen molar-refractivity contribution in [2.24, 2.45) is 4.99 Å². The number of hydrogen-bond acceptors (Lipinski definition) is 3. The summed E-state index contributed by atoms with van der Waals surface area (Å²) in [4.78, 5) is 8.97. The molecule has 29 heavy (non-hydrogen) atoms. The predicted molar refractivity (Wildman–Crippen MR) is 120 cm³/mol. The molecule has 3 aromatic rings. The van der Waals surface area contributed by atoms with Crippen molar-refractivity contribution in [2.45, 2.75) is 32.7 Å². The fourth-order valence-corrected chi connectivity index (χ4v) is 3.58. The van der Waals surface area contributed by atoms with Gasteiger partial charge in [-0.15, -0.1) is 0 Å². The first-order valence-electron chi connectivity index (χ1n) is 10.1. The van der Waals surface area contributed by atoms with Crippen molar-refractivity contribution in [3.8, 4) is 5.75 Å². The number of aliphatic imine (C=N–C) groups is 1. The Morgan fingerprint density at radius 3 is 2.69 bits per heavy atom. The lowest BCUT2D eigenvalue weighted by Crippen LogP contribution is -2.39. The highest BCUT2D eigenvalue weighted by atomic mass is 16.5. The number of para-hydroxylation sites is 3. The SMILES string of the molecule is CN=C(NCCCn1c(C)nc2ccccc21)NCC(C)c1ccccc1OC. The standard InChI is InChI=1S/C23H31N5O/c1-17(19-10-5-8-13-22(19)29-4)16-26-23(24-3)25-14-9-15-28-18(2)27-20-11-6-7-12-21(20)28/h5-8,10-13,17H,9,14-16H2,1-4H3,(H2,24,25,26). The van der Waals surface area contributed by atoms with Gasteiger partial charge in [0.15, 0.2) is 5.96 Å². The van der Waals surface area contributed by atoms with Gasteiger partial charge >= 0.3 is 0 Å². The largest absolute Gasteiger partial charge is 0.496 e. The molecule has 0 spiro atoms. The second kappa shape index (κ2) is 9.96. The molecule has 0 aliphatic heterocycles. The number of aromatic nitrogens is 2. The van der Waals surface area contributed by atoms with Gasteiger partial charge in [-0.1, -0.05) is 37.3 Å². The molecular formula is C23H31N5O. The molecule has 0 saturated carbocycles. The van der Waals surface area contributed by atoms with E-state index in [0.29, 0.717) is 5.92 Å². The van der Waals surface area contributed by atoms with Crippen LogP contribution in [0.25, 0.3) is 11.0 Å². The molecule has 0 saturated heterocycles. The van der Waals surface area contributed by atoms with Gasteiger partial charge in [0.1, 0.15) is 11.6 Å². The number of aryl methyl sites for hydroxylation is 2. The Labute approximate surface area is 173 Å². The molecule has 154 valence electrons. The molecular weight excluding hydrogens is 362 g/mol. The van der Waals surface area contributed by atoms with Crippen LogP contribution >= 0.6 is 0 Å². The average molecular weight is 394 g/mol. The highest BCUT2D eigenvalue weighted by molar-refractivity contribution is 5.79. The van der Waals surface area contributed by atoms with Crippen LogP contribution in [0.2, 0.25) is 0 Å². The number of nitrogens with one attached hydrogen (secondary N) is 2. The van der Waals surface area contributed by atoms with Crippen molar-refractivity contribution >= 4 is 17.0 Å². The third kappa shape index (κ3) is 5.08. The second-order valence-electron chi connectivity index (χ2n) is 7.18. The molecule has 0 fully saturated rings. The van der Waals surface area contributed by atoms with Crippen LogP contribution in [0, 0.1) is 6.92 Å². The number of benzene rings is 2. The number of fused-ring (bicyclic) bond motifs is 1. The number of nitrogens with zero attached hydrogens (tertiary/aromatic N) is 3. The van der Waals surface area contributed by atoms with Crippen LogP contribution in [0.4, 0.5) is 0 Å². The summed E-state index contributed by atoms with van der Waals surface area (Å²) < 4.78 is 7.75. The van der Waals surface area contributed by atoms with Crippen LogP contribution < -0.4 is 15.4 Å². The van der Waals surface area contributed by atoms with Crippen molar-refractivity contribution in [3.63, 3.8) is 0 Å². The molecule has 0 aliphatic carbocycles. The Bertz CT molecular complexity index is 963. The number of hydrogen-bond donors (Lipinski definition) is 2. The van der Waals surface area contributed by atoms with E-state index < -0.39 is 0 Å². The van der Waals surface area contributed by atoms with E-state index in [2.05, 4.69) is 63.3 Å². The van der Waals surface area contributed by atoms with E-state index in [1.54, 1.807) is 14.2 Å². The van der Waals surface area contributed by atoms with Gasteiger partial charge in [0, 0.05) is 32.6 Å². The van der Waals surface area contributed by atoms with E-state index in [1.165, 1.54) is 11.1 Å². The molecule has 0 amide bonds. The predicted octanol–water partition coefficient (Wildman–Crippen LogP) is 3.71. The summed E-state index contributed by atoms with van der Waals surface area (Å²) in [6.45, 7) is 6.80. The smallest absolute Gasteiger partial charge is 0.190 e. The first-order chi connectivity index (χ1) is 14.1. The summed E-state index contributed by atoms with van der Waals surface area (Å²) in [5.41, 5.74) is 3.44. The van der Waals surface area contributed by atoms with Gasteiger partial charge < -0.3 is 19.9 Å². The molecule has 1 atom stereocenters. The zero-order valence-corrected chi connectivity index (χ0v) is 17.8. The van der Waals surface area contributed by atoms with Gasteiger partial charge in [0.25, 0.3) is 0 Å². The lowest BCUT2D eigenvalue weighted by molar-refractivity contribution is 0.406. The highest BCUT2D eigenvalue weighted by Crippen LogP contribution is 2.25. The molecule has 3 rings (SSSR count). The van der Waals surface area contributed by atoms with Gasteiger partial charge in [0.2, 0.25) is 0 Å². The van der Waals surface area contributed by atoms with Crippen molar-refractivity contribution < 1.29 is 4.74 Å². The van der Waals surface area contributed by atoms with Crippen molar-refractivity contribution in [1.82, 2.24) is 20.2 Å². The maximum atomic E-state index is 5.47. The lowest BCUT2D eigenvalue weighted by atomic mass is 10.0. The Morgan fingerprint density at radius 2 is 1.90 bits per heavy atom. The summed E-state index contributed by atoms with van der Waals surface area (Å²) in [6.07, 6.45) is 0.990. The molecule has 0 radical (unpaired) electrons. The zero-order chi connectivity index (χ0) is 20.6. The fraction of sp³-hybridized carbons (Fsp3) is 0.391. The van der Waals surface area contributed by atoms with E-state index in [9.17, 15) is 0 Å². The summed E-state index contributed by atoms with van der Waals surface area (Å²) in [7, 11) is 3.52. The third-order valence-corrected chi connectivity index (χ3v) is 5.17. The van der Waals surface area contributed by atoms with Crippen molar-refractivity contribution in [1.29, 1.82) is 0 Å². The summed E-state index contributed by atoms with van der Waals surface area (Å²) in [6, 6.07) is 16.4. The Morgan fingerprint density at radius 1 is 1.14 bits per heavy atom. The van der Waals surface area contributed by atoms with Gasteiger partial charge in [-0.2, -0.15) is 0 Å². The third-order valence-electron chi connectivity index (χ3n) is 5.17. The van der Waals surface area contributed by atoms with Gasteiger partial charge in [0.05, 0.1) is 18.1 Å². The Kier molecular flexibility index (Phi) is 7.11. The Balaban J connectivity index is 1.47. The minimum absolute atomic E-state index is 0.310. The molecule has 2 aromatic carbocycles. The molecule has 1 unspecified atom stereocenters. The summed E-state index contributed by atoms with van der Waals surface area (Å²) >= 11 is 0.